The third-order valence-corrected chi connectivity index (χ3v) is 2.52. The molecule has 0 unspecified atom stereocenters. The molecule has 16 heteroatoms. The summed E-state index contributed by atoms with van der Waals surface area (Å²) in [5, 5.41) is 3.39. The molecule has 27 heavy (non-hydrogen) atoms. The van der Waals surface area contributed by atoms with Gasteiger partial charge < -0.3 is 27.4 Å². The van der Waals surface area contributed by atoms with Crippen LogP contribution in [0.2, 0.25) is 0 Å². The second-order valence-corrected chi connectivity index (χ2v) is 6.29. The van der Waals surface area contributed by atoms with E-state index in [-0.39, 0.29) is 16.5 Å². The maximum atomic E-state index is 8.49. The largest absolute Gasteiger partial charge is 2.00 e. The van der Waals surface area contributed by atoms with Crippen LogP contribution in [-0.4, -0.2) is 57.3 Å². The van der Waals surface area contributed by atoms with Crippen LogP contribution >= 0.6 is 0 Å². The normalized spacial score (nSPS) is 11.1. The van der Waals surface area contributed by atoms with E-state index in [4.69, 9.17) is 54.5 Å². The van der Waals surface area contributed by atoms with Crippen LogP contribution < -0.4 is 59.8 Å². The molecule has 0 aliphatic carbocycles. The van der Waals surface area contributed by atoms with Gasteiger partial charge >= 0.3 is 16.5 Å². The molecule has 170 valence electrons. The van der Waals surface area contributed by atoms with Crippen molar-refractivity contribution in [1.29, 1.82) is 0 Å². The van der Waals surface area contributed by atoms with Gasteiger partial charge in [0.2, 0.25) is 0 Å². The number of hydrogen-bond acceptors (Lipinski definition) is 13. The van der Waals surface area contributed by atoms with Crippen molar-refractivity contribution in [2.75, 3.05) is 52.4 Å². The Morgan fingerprint density at radius 3 is 1.22 bits per heavy atom. The molecule has 0 aromatic heterocycles. The molecule has 0 rings (SSSR count). The Kier molecular flexibility index (Phi) is 29.6. The van der Waals surface area contributed by atoms with Crippen LogP contribution in [0.25, 0.3) is 0 Å². The third-order valence-electron chi connectivity index (χ3n) is 2.52. The van der Waals surface area contributed by atoms with E-state index < -0.39 is 20.5 Å². The molecule has 0 aliphatic rings. The Labute approximate surface area is 173 Å². The Bertz CT molecular complexity index is 258. The smallest absolute Gasteiger partial charge is 0.330 e. The van der Waals surface area contributed by atoms with Gasteiger partial charge in [-0.15, -0.1) is 20.5 Å². The molecule has 0 saturated carbocycles. The maximum absolute atomic E-state index is 8.49. The van der Waals surface area contributed by atoms with Crippen molar-refractivity contribution in [3.05, 3.63) is 0 Å². The quantitative estimate of drug-likeness (QED) is 0.147. The van der Waals surface area contributed by atoms with Crippen LogP contribution in [0.15, 0.2) is 0 Å². The van der Waals surface area contributed by atoms with Gasteiger partial charge in [-0.25, -0.2) is 37.3 Å². The van der Waals surface area contributed by atoms with Gasteiger partial charge in [0.15, 0.2) is 0 Å². The van der Waals surface area contributed by atoms with E-state index in [0.717, 1.165) is 71.6 Å². The first kappa shape index (κ1) is 35.0. The first-order valence-corrected chi connectivity index (χ1v) is 10.1. The molecule has 7 N–H and O–H groups in total. The van der Waals surface area contributed by atoms with E-state index >= 15 is 0 Å². The van der Waals surface area contributed by atoms with Gasteiger partial charge in [0.25, 0.3) is 0 Å². The predicted octanol–water partition coefficient (Wildman–Crippen LogP) is -10.6. The van der Waals surface area contributed by atoms with E-state index in [1.165, 1.54) is 0 Å². The summed E-state index contributed by atoms with van der Waals surface area (Å²) < 4.78 is 67.9. The molecule has 0 aromatic rings. The van der Waals surface area contributed by atoms with Crippen LogP contribution in [-0.2, 0) is 16.5 Å². The predicted molar refractivity (Wildman–Crippen MR) is 70.3 cm³/mol. The summed E-state index contributed by atoms with van der Waals surface area (Å²) >= 11 is 0. The van der Waals surface area contributed by atoms with E-state index in [2.05, 4.69) is 10.2 Å². The fourth-order valence-electron chi connectivity index (χ4n) is 1.55. The number of nitrogens with zero attached hydrogens (tertiary/aromatic N) is 1. The SMILES string of the molecule is NCCCNCCN(CCCN)CCCN.[Ni+2].[O-][Cl+3]([O-])([O-])[O-].[O-][Cl+3]([O-])([O-])[O-]. The number of rotatable bonds is 12. The average Bonchev–Trinajstić information content (AvgIpc) is 2.45. The summed E-state index contributed by atoms with van der Waals surface area (Å²) in [6.07, 6.45) is 3.17. The summed E-state index contributed by atoms with van der Waals surface area (Å²) in [6.45, 7) is 7.55. The van der Waals surface area contributed by atoms with Crippen LogP contribution in [0, 0.1) is 20.5 Å². The van der Waals surface area contributed by atoms with Crippen molar-refractivity contribution in [1.82, 2.24) is 10.2 Å². The number of hydrogen-bond donors (Lipinski definition) is 4. The average molecular weight is 489 g/mol. The van der Waals surface area contributed by atoms with Crippen LogP contribution in [0.3, 0.4) is 0 Å². The van der Waals surface area contributed by atoms with Gasteiger partial charge in [0.05, 0.1) is 0 Å². The van der Waals surface area contributed by atoms with E-state index in [1.54, 1.807) is 0 Å². The summed E-state index contributed by atoms with van der Waals surface area (Å²) in [5.41, 5.74) is 16.5. The molecule has 13 nitrogen and oxygen atoms in total. The summed E-state index contributed by atoms with van der Waals surface area (Å²) in [6, 6.07) is 0. The van der Waals surface area contributed by atoms with Gasteiger partial charge in [-0.3, -0.25) is 0 Å². The van der Waals surface area contributed by atoms with Crippen molar-refractivity contribution in [2.24, 2.45) is 17.2 Å². The van der Waals surface area contributed by atoms with Gasteiger partial charge in [0, 0.05) is 13.1 Å². The zero-order valence-electron chi connectivity index (χ0n) is 14.8. The minimum atomic E-state index is -4.94. The molecular formula is C11H29Cl2N5NiO8. The summed E-state index contributed by atoms with van der Waals surface area (Å²) in [4.78, 5) is 2.43. The van der Waals surface area contributed by atoms with Gasteiger partial charge in [-0.05, 0) is 58.5 Å². The zero-order valence-corrected chi connectivity index (χ0v) is 17.3. The number of halogens is 2. The monoisotopic (exact) mass is 487 g/mol. The molecule has 0 bridgehead atoms. The van der Waals surface area contributed by atoms with Crippen molar-refractivity contribution in [3.63, 3.8) is 0 Å². The minimum Gasteiger partial charge on any atom is -0.330 e. The molecule has 0 aromatic carbocycles. The molecule has 0 atom stereocenters. The number of nitrogens with two attached hydrogens (primary N) is 3. The maximum Gasteiger partial charge on any atom is 2.00 e. The first-order chi connectivity index (χ1) is 11.8. The summed E-state index contributed by atoms with van der Waals surface area (Å²) in [7, 11) is -9.89. The van der Waals surface area contributed by atoms with Crippen molar-refractivity contribution in [2.45, 2.75) is 19.3 Å². The fourth-order valence-corrected chi connectivity index (χ4v) is 1.55. The Hall–Kier alpha value is 0.554. The molecule has 0 amide bonds. The third kappa shape index (κ3) is 66.2. The fraction of sp³-hybridized carbons (Fsp3) is 1.00. The molecule has 0 heterocycles. The van der Waals surface area contributed by atoms with E-state index in [1.807, 2.05) is 0 Å². The Balaban J connectivity index is -0.000000199. The number of nitrogens with one attached hydrogen (secondary N) is 1. The van der Waals surface area contributed by atoms with Crippen molar-refractivity contribution >= 4 is 0 Å². The second kappa shape index (κ2) is 22.8. The van der Waals surface area contributed by atoms with Crippen molar-refractivity contribution in [3.8, 4) is 0 Å². The van der Waals surface area contributed by atoms with Gasteiger partial charge in [-0.2, -0.15) is 0 Å². The minimum absolute atomic E-state index is 0. The Morgan fingerprint density at radius 1 is 0.593 bits per heavy atom. The molecule has 0 spiro atoms. The topological polar surface area (TPSA) is 278 Å². The first-order valence-electron chi connectivity index (χ1n) is 7.61. The van der Waals surface area contributed by atoms with Gasteiger partial charge in [0.1, 0.15) is 0 Å². The van der Waals surface area contributed by atoms with Crippen LogP contribution in [0.5, 0.6) is 0 Å². The summed E-state index contributed by atoms with van der Waals surface area (Å²) in [5.74, 6) is 0. The molecule has 0 aliphatic heterocycles. The standard InChI is InChI=1S/C11H29N5.2ClHO4.Ni/c12-4-1-7-15-8-11-16(9-2-5-13)10-3-6-14;2*2-1(3,4)5;/h15H,1-14H2;2*(H,2,3,4,5);/q;;;+2/p-2. The van der Waals surface area contributed by atoms with E-state index in [9.17, 15) is 0 Å². The Morgan fingerprint density at radius 2 is 0.926 bits per heavy atom. The van der Waals surface area contributed by atoms with Crippen LogP contribution in [0.1, 0.15) is 19.3 Å². The zero-order chi connectivity index (χ0) is 21.1. The van der Waals surface area contributed by atoms with E-state index in [0.29, 0.717) is 0 Å². The van der Waals surface area contributed by atoms with Crippen LogP contribution in [0.4, 0.5) is 0 Å². The molecule has 0 fully saturated rings. The van der Waals surface area contributed by atoms with Gasteiger partial charge in [-0.1, -0.05) is 0 Å². The van der Waals surface area contributed by atoms with Crippen molar-refractivity contribution < 1.29 is 74.2 Å². The molecule has 0 radical (unpaired) electrons. The molecular weight excluding hydrogens is 460 g/mol. The second-order valence-electron chi connectivity index (χ2n) is 4.77. The molecule has 0 saturated heterocycles.